The van der Waals surface area contributed by atoms with Crippen LogP contribution in [-0.2, 0) is 6.61 Å². The molecule has 0 aliphatic carbocycles. The number of thioether (sulfide) groups is 1. The van der Waals surface area contributed by atoms with Gasteiger partial charge in [0.1, 0.15) is 11.7 Å². The van der Waals surface area contributed by atoms with E-state index in [4.69, 9.17) is 4.74 Å². The van der Waals surface area contributed by atoms with Gasteiger partial charge in [-0.2, -0.15) is 0 Å². The molecular weight excluding hydrogens is 246 g/mol. The molecule has 0 unspecified atom stereocenters. The van der Waals surface area contributed by atoms with Crippen LogP contribution in [0.1, 0.15) is 11.1 Å². The molecule has 0 radical (unpaired) electrons. The van der Waals surface area contributed by atoms with Crippen LogP contribution in [0.2, 0.25) is 0 Å². The summed E-state index contributed by atoms with van der Waals surface area (Å²) in [5.74, 6) is 1.54. The maximum absolute atomic E-state index is 9.51. The second-order valence-corrected chi connectivity index (χ2v) is 4.95. The Bertz CT molecular complexity index is 561. The molecule has 2 N–H and O–H groups in total. The van der Waals surface area contributed by atoms with Gasteiger partial charge in [-0.1, -0.05) is 23.9 Å². The first-order valence-electron chi connectivity index (χ1n) is 5.72. The normalized spacial score (nSPS) is 16.6. The average molecular weight is 259 g/mol. The number of benzene rings is 1. The summed E-state index contributed by atoms with van der Waals surface area (Å²) >= 11 is 1.66. The van der Waals surface area contributed by atoms with E-state index in [1.165, 1.54) is 0 Å². The van der Waals surface area contributed by atoms with Crippen LogP contribution in [0.15, 0.2) is 47.5 Å². The van der Waals surface area contributed by atoms with Gasteiger partial charge in [0.25, 0.3) is 0 Å². The Morgan fingerprint density at radius 3 is 3.11 bits per heavy atom. The second-order valence-electron chi connectivity index (χ2n) is 3.99. The molecular formula is C14H13NO2S. The molecule has 1 aromatic carbocycles. The molecule has 0 amide bonds. The number of hydrogen-bond acceptors (Lipinski definition) is 4. The lowest BCUT2D eigenvalue weighted by atomic mass is 10.0. The summed E-state index contributed by atoms with van der Waals surface area (Å²) in [5, 5.41) is 12.7. The van der Waals surface area contributed by atoms with Gasteiger partial charge in [-0.05, 0) is 29.8 Å². The van der Waals surface area contributed by atoms with Crippen molar-refractivity contribution in [3.8, 4) is 5.75 Å². The minimum absolute atomic E-state index is 0.0234. The molecule has 2 aliphatic heterocycles. The number of fused-ring (bicyclic) bond motifs is 1. The van der Waals surface area contributed by atoms with Crippen molar-refractivity contribution in [3.63, 3.8) is 0 Å². The van der Waals surface area contributed by atoms with E-state index in [2.05, 4.69) is 5.32 Å². The van der Waals surface area contributed by atoms with Crippen molar-refractivity contribution in [2.45, 2.75) is 11.5 Å². The molecule has 18 heavy (non-hydrogen) atoms. The van der Waals surface area contributed by atoms with Crippen molar-refractivity contribution in [3.05, 3.63) is 53.8 Å². The smallest absolute Gasteiger partial charge is 0.138 e. The largest absolute Gasteiger partial charge is 0.481 e. The summed E-state index contributed by atoms with van der Waals surface area (Å²) in [6.45, 7) is 0.0234. The minimum Gasteiger partial charge on any atom is -0.481 e. The maximum Gasteiger partial charge on any atom is 0.138 e. The summed E-state index contributed by atoms with van der Waals surface area (Å²) in [4.78, 5) is 1.10. The molecule has 2 aliphatic rings. The molecule has 4 heteroatoms. The van der Waals surface area contributed by atoms with E-state index in [1.807, 2.05) is 42.6 Å². The summed E-state index contributed by atoms with van der Waals surface area (Å²) in [5.41, 5.74) is 2.86. The standard InChI is InChI=1S/C14H13NO2S/c16-8-10-6-14-13(17-9-18-14)7-11(10)12-4-2-1-3-5-15-12/h1-7,15-16H,8-9H2. The zero-order chi connectivity index (χ0) is 12.4. The van der Waals surface area contributed by atoms with Crippen LogP contribution in [0.4, 0.5) is 0 Å². The Morgan fingerprint density at radius 1 is 1.28 bits per heavy atom. The minimum atomic E-state index is 0.0234. The van der Waals surface area contributed by atoms with Crippen molar-refractivity contribution in [2.75, 3.05) is 5.94 Å². The van der Waals surface area contributed by atoms with Gasteiger partial charge in [-0.3, -0.25) is 0 Å². The first-order valence-corrected chi connectivity index (χ1v) is 6.71. The molecule has 0 atom stereocenters. The molecule has 0 saturated carbocycles. The van der Waals surface area contributed by atoms with Crippen LogP contribution in [0.5, 0.6) is 5.75 Å². The molecule has 0 fully saturated rings. The van der Waals surface area contributed by atoms with Crippen LogP contribution in [0.25, 0.3) is 5.70 Å². The maximum atomic E-state index is 9.51. The Morgan fingerprint density at radius 2 is 2.22 bits per heavy atom. The third-order valence-corrected chi connectivity index (χ3v) is 3.74. The monoisotopic (exact) mass is 259 g/mol. The highest BCUT2D eigenvalue weighted by atomic mass is 32.2. The first-order chi connectivity index (χ1) is 8.88. The van der Waals surface area contributed by atoms with E-state index in [1.54, 1.807) is 11.8 Å². The van der Waals surface area contributed by atoms with Gasteiger partial charge in [-0.25, -0.2) is 0 Å². The highest BCUT2D eigenvalue weighted by Crippen LogP contribution is 2.39. The number of ether oxygens (including phenoxy) is 1. The first kappa shape index (κ1) is 11.4. The van der Waals surface area contributed by atoms with Crippen molar-refractivity contribution in [2.24, 2.45) is 0 Å². The number of aliphatic hydroxyl groups excluding tert-OH is 1. The summed E-state index contributed by atoms with van der Waals surface area (Å²) in [7, 11) is 0. The lowest BCUT2D eigenvalue weighted by Gasteiger charge is -2.12. The van der Waals surface area contributed by atoms with Crippen molar-refractivity contribution in [1.29, 1.82) is 0 Å². The Kier molecular flexibility index (Phi) is 3.13. The van der Waals surface area contributed by atoms with E-state index in [-0.39, 0.29) is 6.61 Å². The molecule has 0 bridgehead atoms. The van der Waals surface area contributed by atoms with Crippen molar-refractivity contribution < 1.29 is 9.84 Å². The zero-order valence-electron chi connectivity index (χ0n) is 9.72. The highest BCUT2D eigenvalue weighted by molar-refractivity contribution is 7.99. The fraction of sp³-hybridized carbons (Fsp3) is 0.143. The number of rotatable bonds is 2. The summed E-state index contributed by atoms with van der Waals surface area (Å²) in [6.07, 6.45) is 9.72. The third-order valence-electron chi connectivity index (χ3n) is 2.88. The quantitative estimate of drug-likeness (QED) is 0.856. The lowest BCUT2D eigenvalue weighted by Crippen LogP contribution is -2.06. The molecule has 3 rings (SSSR count). The van der Waals surface area contributed by atoms with Gasteiger partial charge < -0.3 is 15.2 Å². The van der Waals surface area contributed by atoms with Gasteiger partial charge in [0.2, 0.25) is 0 Å². The van der Waals surface area contributed by atoms with Crippen LogP contribution >= 0.6 is 11.8 Å². The van der Waals surface area contributed by atoms with E-state index in [0.717, 1.165) is 27.5 Å². The van der Waals surface area contributed by atoms with Crippen LogP contribution in [-0.4, -0.2) is 11.0 Å². The average Bonchev–Trinajstić information content (AvgIpc) is 2.68. The topological polar surface area (TPSA) is 41.5 Å². The fourth-order valence-electron chi connectivity index (χ4n) is 1.99. The Labute approximate surface area is 110 Å². The Balaban J connectivity index is 2.08. The van der Waals surface area contributed by atoms with Crippen LogP contribution in [0, 0.1) is 0 Å². The van der Waals surface area contributed by atoms with E-state index in [9.17, 15) is 5.11 Å². The summed E-state index contributed by atoms with van der Waals surface area (Å²) < 4.78 is 5.55. The predicted molar refractivity (Wildman–Crippen MR) is 73.1 cm³/mol. The second kappa shape index (κ2) is 4.92. The van der Waals surface area contributed by atoms with Crippen LogP contribution in [0.3, 0.4) is 0 Å². The number of hydrogen-bond donors (Lipinski definition) is 2. The van der Waals surface area contributed by atoms with Gasteiger partial charge in [-0.15, -0.1) is 0 Å². The lowest BCUT2D eigenvalue weighted by molar-refractivity contribution is 0.281. The van der Waals surface area contributed by atoms with Gasteiger partial charge in [0, 0.05) is 17.5 Å². The van der Waals surface area contributed by atoms with E-state index < -0.39 is 0 Å². The molecule has 0 spiro atoms. The number of aliphatic hydroxyl groups is 1. The van der Waals surface area contributed by atoms with Crippen molar-refractivity contribution in [1.82, 2.24) is 5.32 Å². The van der Waals surface area contributed by atoms with Crippen LogP contribution < -0.4 is 10.1 Å². The molecule has 3 nitrogen and oxygen atoms in total. The predicted octanol–water partition coefficient (Wildman–Crippen LogP) is 2.63. The van der Waals surface area contributed by atoms with Gasteiger partial charge in [0.15, 0.2) is 0 Å². The van der Waals surface area contributed by atoms with Crippen molar-refractivity contribution >= 4 is 17.5 Å². The van der Waals surface area contributed by atoms with E-state index in [0.29, 0.717) is 5.94 Å². The highest BCUT2D eigenvalue weighted by Gasteiger charge is 2.17. The fourth-order valence-corrected chi connectivity index (χ4v) is 2.79. The SMILES string of the molecule is OCc1cc2c(cc1C1=CC=CC=CN1)OCS2. The molecule has 1 aromatic rings. The molecule has 0 saturated heterocycles. The zero-order valence-corrected chi connectivity index (χ0v) is 10.5. The third kappa shape index (κ3) is 2.05. The molecule has 0 aromatic heterocycles. The summed E-state index contributed by atoms with van der Waals surface area (Å²) in [6, 6.07) is 4.00. The van der Waals surface area contributed by atoms with Gasteiger partial charge >= 0.3 is 0 Å². The molecule has 92 valence electrons. The Hall–Kier alpha value is -1.65. The number of allylic oxidation sites excluding steroid dienone is 4. The molecule has 2 heterocycles. The van der Waals surface area contributed by atoms with E-state index >= 15 is 0 Å². The van der Waals surface area contributed by atoms with Gasteiger partial charge in [0.05, 0.1) is 11.5 Å². The number of nitrogens with one attached hydrogen (secondary N) is 1.